The van der Waals surface area contributed by atoms with Crippen LogP contribution in [0.1, 0.15) is 37.7 Å². The Kier molecular flexibility index (Phi) is 4.38. The van der Waals surface area contributed by atoms with Gasteiger partial charge in [-0.3, -0.25) is 14.5 Å². The molecule has 5 nitrogen and oxygen atoms in total. The van der Waals surface area contributed by atoms with Gasteiger partial charge in [0.1, 0.15) is 0 Å². The van der Waals surface area contributed by atoms with Gasteiger partial charge in [0.25, 0.3) is 0 Å². The first kappa shape index (κ1) is 17.0. The van der Waals surface area contributed by atoms with Gasteiger partial charge < -0.3 is 10.6 Å². The number of benzene rings is 1. The van der Waals surface area contributed by atoms with E-state index in [9.17, 15) is 9.59 Å². The fourth-order valence-electron chi connectivity index (χ4n) is 4.59. The molecule has 0 radical (unpaired) electrons. The lowest BCUT2D eigenvalue weighted by molar-refractivity contribution is -0.132. The molecule has 0 unspecified atom stereocenters. The molecule has 2 fully saturated rings. The molecule has 0 atom stereocenters. The van der Waals surface area contributed by atoms with Crippen LogP contribution in [0.2, 0.25) is 0 Å². The first-order valence-corrected chi connectivity index (χ1v) is 8.66. The van der Waals surface area contributed by atoms with E-state index in [0.717, 1.165) is 25.7 Å². The summed E-state index contributed by atoms with van der Waals surface area (Å²) in [6, 6.07) is 10.7. The van der Waals surface area contributed by atoms with Crippen LogP contribution in [0.5, 0.6) is 0 Å². The maximum Gasteiger partial charge on any atom is 0.237 e. The number of primary amides is 1. The van der Waals surface area contributed by atoms with Crippen LogP contribution in [0.4, 0.5) is 0 Å². The maximum absolute atomic E-state index is 12.3. The SMILES string of the molecule is CN(C)C1(c2ccccc2)CCC2(CC1)CC(=O)N(CC(N)=O)C2. The molecule has 1 aromatic carbocycles. The van der Waals surface area contributed by atoms with E-state index >= 15 is 0 Å². The third-order valence-electron chi connectivity index (χ3n) is 6.06. The highest BCUT2D eigenvalue weighted by molar-refractivity contribution is 5.85. The normalized spacial score (nSPS) is 30.3. The number of nitrogens with zero attached hydrogens (tertiary/aromatic N) is 2. The average Bonchev–Trinajstić information content (AvgIpc) is 2.84. The molecule has 1 saturated heterocycles. The molecule has 5 heteroatoms. The van der Waals surface area contributed by atoms with Crippen molar-refractivity contribution in [3.8, 4) is 0 Å². The second kappa shape index (κ2) is 6.20. The van der Waals surface area contributed by atoms with E-state index in [0.29, 0.717) is 13.0 Å². The van der Waals surface area contributed by atoms with Gasteiger partial charge in [-0.25, -0.2) is 0 Å². The zero-order valence-corrected chi connectivity index (χ0v) is 14.6. The Labute approximate surface area is 143 Å². The van der Waals surface area contributed by atoms with Gasteiger partial charge in [0.05, 0.1) is 6.54 Å². The number of hydrogen-bond donors (Lipinski definition) is 1. The topological polar surface area (TPSA) is 66.6 Å². The van der Waals surface area contributed by atoms with Gasteiger partial charge in [0, 0.05) is 18.5 Å². The Hall–Kier alpha value is -1.88. The first-order chi connectivity index (χ1) is 11.4. The minimum absolute atomic E-state index is 0.0147. The Bertz CT molecular complexity index is 619. The third-order valence-corrected chi connectivity index (χ3v) is 6.06. The highest BCUT2D eigenvalue weighted by Crippen LogP contribution is 2.51. The molecule has 1 saturated carbocycles. The summed E-state index contributed by atoms with van der Waals surface area (Å²) in [6.45, 7) is 0.727. The van der Waals surface area contributed by atoms with Crippen molar-refractivity contribution in [3.05, 3.63) is 35.9 Å². The summed E-state index contributed by atoms with van der Waals surface area (Å²) >= 11 is 0. The zero-order chi connectivity index (χ0) is 17.4. The van der Waals surface area contributed by atoms with E-state index < -0.39 is 5.91 Å². The van der Waals surface area contributed by atoms with Gasteiger partial charge >= 0.3 is 0 Å². The lowest BCUT2D eigenvalue weighted by Crippen LogP contribution is -2.47. The molecule has 1 heterocycles. The number of carbonyl (C=O) groups excluding carboxylic acids is 2. The van der Waals surface area contributed by atoms with Crippen LogP contribution in [0.15, 0.2) is 30.3 Å². The van der Waals surface area contributed by atoms with Crippen LogP contribution in [-0.4, -0.2) is 48.8 Å². The molecule has 0 bridgehead atoms. The maximum atomic E-state index is 12.3. The fourth-order valence-corrected chi connectivity index (χ4v) is 4.59. The molecule has 1 spiro atoms. The van der Waals surface area contributed by atoms with Crippen molar-refractivity contribution in [1.29, 1.82) is 0 Å². The molecule has 3 rings (SSSR count). The van der Waals surface area contributed by atoms with Crippen LogP contribution in [-0.2, 0) is 15.1 Å². The van der Waals surface area contributed by atoms with Crippen molar-refractivity contribution >= 4 is 11.8 Å². The Morgan fingerprint density at radius 1 is 1.17 bits per heavy atom. The molecular weight excluding hydrogens is 302 g/mol. The number of carbonyl (C=O) groups is 2. The van der Waals surface area contributed by atoms with E-state index in [-0.39, 0.29) is 23.4 Å². The Morgan fingerprint density at radius 2 is 1.79 bits per heavy atom. The van der Waals surface area contributed by atoms with E-state index in [1.165, 1.54) is 5.56 Å². The summed E-state index contributed by atoms with van der Waals surface area (Å²) in [5.41, 5.74) is 6.67. The molecule has 1 aromatic rings. The van der Waals surface area contributed by atoms with E-state index in [2.05, 4.69) is 49.3 Å². The molecule has 24 heavy (non-hydrogen) atoms. The van der Waals surface area contributed by atoms with E-state index in [4.69, 9.17) is 5.73 Å². The zero-order valence-electron chi connectivity index (χ0n) is 14.6. The van der Waals surface area contributed by atoms with Crippen molar-refractivity contribution in [1.82, 2.24) is 9.80 Å². The lowest BCUT2D eigenvalue weighted by Gasteiger charge is -2.48. The predicted molar refractivity (Wildman–Crippen MR) is 93.1 cm³/mol. The molecular formula is C19H27N3O2. The monoisotopic (exact) mass is 329 g/mol. The first-order valence-electron chi connectivity index (χ1n) is 8.66. The summed E-state index contributed by atoms with van der Waals surface area (Å²) in [5, 5.41) is 0. The van der Waals surface area contributed by atoms with Crippen LogP contribution >= 0.6 is 0 Å². The van der Waals surface area contributed by atoms with E-state index in [1.54, 1.807) is 4.90 Å². The Morgan fingerprint density at radius 3 is 2.33 bits per heavy atom. The summed E-state index contributed by atoms with van der Waals surface area (Å²) in [4.78, 5) is 27.4. The summed E-state index contributed by atoms with van der Waals surface area (Å²) in [7, 11) is 4.29. The van der Waals surface area contributed by atoms with Gasteiger partial charge in [-0.05, 0) is 50.8 Å². The van der Waals surface area contributed by atoms with Gasteiger partial charge in [-0.15, -0.1) is 0 Å². The number of hydrogen-bond acceptors (Lipinski definition) is 3. The molecule has 2 N–H and O–H groups in total. The number of amides is 2. The standard InChI is InChI=1S/C19H27N3O2/c1-21(2)19(15-6-4-3-5-7-15)10-8-18(9-11-19)12-17(24)22(14-18)13-16(20)23/h3-7H,8-14H2,1-2H3,(H2,20,23). The van der Waals surface area contributed by atoms with Crippen molar-refractivity contribution in [3.63, 3.8) is 0 Å². The van der Waals surface area contributed by atoms with Crippen LogP contribution in [0.25, 0.3) is 0 Å². The molecule has 0 aromatic heterocycles. The summed E-state index contributed by atoms with van der Waals surface area (Å²) in [6.07, 6.45) is 4.62. The predicted octanol–water partition coefficient (Wildman–Crippen LogP) is 1.72. The van der Waals surface area contributed by atoms with Gasteiger partial charge in [-0.1, -0.05) is 30.3 Å². The van der Waals surface area contributed by atoms with E-state index in [1.807, 2.05) is 0 Å². The molecule has 130 valence electrons. The quantitative estimate of drug-likeness (QED) is 0.915. The molecule has 2 aliphatic rings. The highest BCUT2D eigenvalue weighted by Gasteiger charge is 2.50. The lowest BCUT2D eigenvalue weighted by atomic mass is 9.64. The van der Waals surface area contributed by atoms with Crippen LogP contribution < -0.4 is 5.73 Å². The van der Waals surface area contributed by atoms with Gasteiger partial charge in [0.15, 0.2) is 0 Å². The minimum atomic E-state index is -0.428. The number of nitrogens with two attached hydrogens (primary N) is 1. The second-order valence-corrected chi connectivity index (χ2v) is 7.68. The summed E-state index contributed by atoms with van der Waals surface area (Å²) < 4.78 is 0. The number of likely N-dealkylation sites (tertiary alicyclic amines) is 1. The summed E-state index contributed by atoms with van der Waals surface area (Å²) in [5.74, 6) is -0.353. The Balaban J connectivity index is 1.77. The molecule has 1 aliphatic heterocycles. The molecule has 2 amide bonds. The average molecular weight is 329 g/mol. The van der Waals surface area contributed by atoms with Crippen molar-refractivity contribution in [2.45, 2.75) is 37.6 Å². The van der Waals surface area contributed by atoms with Crippen molar-refractivity contribution in [2.75, 3.05) is 27.2 Å². The van der Waals surface area contributed by atoms with Crippen LogP contribution in [0, 0.1) is 5.41 Å². The van der Waals surface area contributed by atoms with Gasteiger partial charge in [-0.2, -0.15) is 0 Å². The highest BCUT2D eigenvalue weighted by atomic mass is 16.2. The van der Waals surface area contributed by atoms with Crippen LogP contribution in [0.3, 0.4) is 0 Å². The fraction of sp³-hybridized carbons (Fsp3) is 0.579. The largest absolute Gasteiger partial charge is 0.368 e. The minimum Gasteiger partial charge on any atom is -0.368 e. The number of rotatable bonds is 4. The van der Waals surface area contributed by atoms with Crippen molar-refractivity contribution in [2.24, 2.45) is 11.1 Å². The van der Waals surface area contributed by atoms with Gasteiger partial charge in [0.2, 0.25) is 11.8 Å². The third kappa shape index (κ3) is 2.93. The molecule has 1 aliphatic carbocycles. The van der Waals surface area contributed by atoms with Crippen molar-refractivity contribution < 1.29 is 9.59 Å². The smallest absolute Gasteiger partial charge is 0.237 e. The second-order valence-electron chi connectivity index (χ2n) is 7.68.